The van der Waals surface area contributed by atoms with Crippen molar-refractivity contribution in [3.05, 3.63) is 47.6 Å². The largest absolute Gasteiger partial charge is 0.497 e. The summed E-state index contributed by atoms with van der Waals surface area (Å²) in [6, 6.07) is 7.56. The lowest BCUT2D eigenvalue weighted by Gasteiger charge is -2.38. The second-order valence-electron chi connectivity index (χ2n) is 6.50. The predicted molar refractivity (Wildman–Crippen MR) is 93.3 cm³/mol. The van der Waals surface area contributed by atoms with E-state index in [9.17, 15) is 4.79 Å². The molecule has 3 heteroatoms. The number of ether oxygens (including phenoxy) is 2. The van der Waals surface area contributed by atoms with Crippen molar-refractivity contribution in [2.45, 2.75) is 45.6 Å². The summed E-state index contributed by atoms with van der Waals surface area (Å²) in [7, 11) is 1.63. The molecule has 0 bridgehead atoms. The first kappa shape index (κ1) is 17.3. The Labute approximate surface area is 139 Å². The molecule has 1 aromatic rings. The molecule has 0 spiro atoms. The van der Waals surface area contributed by atoms with E-state index in [-0.39, 0.29) is 11.6 Å². The fourth-order valence-electron chi connectivity index (χ4n) is 2.81. The molecule has 0 radical (unpaired) electrons. The van der Waals surface area contributed by atoms with Gasteiger partial charge in [-0.15, -0.1) is 0 Å². The van der Waals surface area contributed by atoms with Crippen LogP contribution in [0.5, 0.6) is 5.75 Å². The molecule has 0 amide bonds. The maximum absolute atomic E-state index is 12.2. The number of carbonyl (C=O) groups is 1. The van der Waals surface area contributed by atoms with Gasteiger partial charge in [0.25, 0.3) is 0 Å². The van der Waals surface area contributed by atoms with Crippen molar-refractivity contribution in [2.24, 2.45) is 5.92 Å². The Morgan fingerprint density at radius 1 is 1.26 bits per heavy atom. The molecule has 3 nitrogen and oxygen atoms in total. The number of esters is 1. The zero-order valence-electron chi connectivity index (χ0n) is 14.5. The SMILES string of the molecule is COc1ccc(/C=C/C(=O)OC2(C(C)C)CC=C(C)CC2)cc1. The molecule has 0 fully saturated rings. The molecule has 23 heavy (non-hydrogen) atoms. The predicted octanol–water partition coefficient (Wildman–Crippen LogP) is 4.78. The highest BCUT2D eigenvalue weighted by Gasteiger charge is 2.37. The number of benzene rings is 1. The summed E-state index contributed by atoms with van der Waals surface area (Å²) >= 11 is 0. The van der Waals surface area contributed by atoms with Gasteiger partial charge in [0.15, 0.2) is 0 Å². The molecule has 0 N–H and O–H groups in total. The van der Waals surface area contributed by atoms with Gasteiger partial charge in [0.2, 0.25) is 0 Å². The fourth-order valence-corrected chi connectivity index (χ4v) is 2.81. The molecule has 1 atom stereocenters. The van der Waals surface area contributed by atoms with Gasteiger partial charge in [-0.1, -0.05) is 37.6 Å². The number of methoxy groups -OCH3 is 1. The van der Waals surface area contributed by atoms with Gasteiger partial charge in [-0.05, 0) is 49.5 Å². The first-order valence-corrected chi connectivity index (χ1v) is 8.16. The Morgan fingerprint density at radius 3 is 2.48 bits per heavy atom. The Bertz CT molecular complexity index is 596. The number of hydrogen-bond acceptors (Lipinski definition) is 3. The van der Waals surface area contributed by atoms with Crippen LogP contribution in [0.2, 0.25) is 0 Å². The molecular weight excluding hydrogens is 288 g/mol. The van der Waals surface area contributed by atoms with Crippen LogP contribution in [0.25, 0.3) is 6.08 Å². The van der Waals surface area contributed by atoms with Crippen molar-refractivity contribution < 1.29 is 14.3 Å². The Hall–Kier alpha value is -2.03. The highest BCUT2D eigenvalue weighted by atomic mass is 16.6. The summed E-state index contributed by atoms with van der Waals surface area (Å²) < 4.78 is 11.0. The summed E-state index contributed by atoms with van der Waals surface area (Å²) in [4.78, 5) is 12.2. The summed E-state index contributed by atoms with van der Waals surface area (Å²) in [5.74, 6) is 0.820. The van der Waals surface area contributed by atoms with Gasteiger partial charge in [-0.25, -0.2) is 4.79 Å². The lowest BCUT2D eigenvalue weighted by Crippen LogP contribution is -2.41. The molecule has 1 aliphatic carbocycles. The van der Waals surface area contributed by atoms with E-state index in [1.54, 1.807) is 13.2 Å². The molecule has 124 valence electrons. The van der Waals surface area contributed by atoms with Gasteiger partial charge < -0.3 is 9.47 Å². The maximum atomic E-state index is 12.2. The minimum absolute atomic E-state index is 0.275. The molecule has 1 unspecified atom stereocenters. The molecule has 0 aromatic heterocycles. The molecule has 1 aliphatic rings. The van der Waals surface area contributed by atoms with Crippen molar-refractivity contribution in [3.63, 3.8) is 0 Å². The van der Waals surface area contributed by atoms with E-state index in [0.717, 1.165) is 30.6 Å². The van der Waals surface area contributed by atoms with Crippen molar-refractivity contribution in [1.82, 2.24) is 0 Å². The van der Waals surface area contributed by atoms with Gasteiger partial charge in [-0.2, -0.15) is 0 Å². The summed E-state index contributed by atoms with van der Waals surface area (Å²) in [5, 5.41) is 0. The lowest BCUT2D eigenvalue weighted by atomic mass is 9.78. The molecule has 0 aliphatic heterocycles. The second kappa shape index (κ2) is 7.49. The molecule has 0 saturated carbocycles. The standard InChI is InChI=1S/C20H26O3/c1-15(2)20(13-11-16(3)12-14-20)23-19(21)10-7-17-5-8-18(22-4)9-6-17/h5-11,15H,12-14H2,1-4H3/b10-7+. The molecular formula is C20H26O3. The van der Waals surface area contributed by atoms with Crippen LogP contribution >= 0.6 is 0 Å². The topological polar surface area (TPSA) is 35.5 Å². The average molecular weight is 314 g/mol. The zero-order valence-corrected chi connectivity index (χ0v) is 14.5. The third kappa shape index (κ3) is 4.47. The molecule has 2 rings (SSSR count). The van der Waals surface area contributed by atoms with Crippen LogP contribution in [0.3, 0.4) is 0 Å². The van der Waals surface area contributed by atoms with E-state index in [4.69, 9.17) is 9.47 Å². The molecule has 0 saturated heterocycles. The van der Waals surface area contributed by atoms with E-state index in [1.165, 1.54) is 11.6 Å². The second-order valence-corrected chi connectivity index (χ2v) is 6.50. The minimum Gasteiger partial charge on any atom is -0.497 e. The Kier molecular flexibility index (Phi) is 5.64. The van der Waals surface area contributed by atoms with Crippen LogP contribution in [0.15, 0.2) is 42.0 Å². The fraction of sp³-hybridized carbons (Fsp3) is 0.450. The summed E-state index contributed by atoms with van der Waals surface area (Å²) in [6.45, 7) is 6.37. The number of carbonyl (C=O) groups excluding carboxylic acids is 1. The monoisotopic (exact) mass is 314 g/mol. The van der Waals surface area contributed by atoms with Gasteiger partial charge in [-0.3, -0.25) is 0 Å². The van der Waals surface area contributed by atoms with Gasteiger partial charge in [0.05, 0.1) is 7.11 Å². The zero-order chi connectivity index (χ0) is 16.9. The van der Waals surface area contributed by atoms with E-state index >= 15 is 0 Å². The quantitative estimate of drug-likeness (QED) is 0.446. The smallest absolute Gasteiger partial charge is 0.331 e. The van der Waals surface area contributed by atoms with Crippen molar-refractivity contribution in [1.29, 1.82) is 0 Å². The maximum Gasteiger partial charge on any atom is 0.331 e. The molecule has 0 heterocycles. The van der Waals surface area contributed by atoms with Crippen molar-refractivity contribution in [2.75, 3.05) is 7.11 Å². The van der Waals surface area contributed by atoms with E-state index < -0.39 is 0 Å². The van der Waals surface area contributed by atoms with Crippen molar-refractivity contribution >= 4 is 12.0 Å². The van der Waals surface area contributed by atoms with Crippen LogP contribution in [-0.4, -0.2) is 18.7 Å². The van der Waals surface area contributed by atoms with E-state index in [0.29, 0.717) is 5.92 Å². The van der Waals surface area contributed by atoms with E-state index in [2.05, 4.69) is 26.8 Å². The highest BCUT2D eigenvalue weighted by Crippen LogP contribution is 2.37. The number of rotatable bonds is 5. The van der Waals surface area contributed by atoms with Gasteiger partial charge in [0.1, 0.15) is 11.4 Å². The van der Waals surface area contributed by atoms with Crippen LogP contribution in [0, 0.1) is 5.92 Å². The summed E-state index contributed by atoms with van der Waals surface area (Å²) in [5.41, 5.74) is 1.95. The van der Waals surface area contributed by atoms with Crippen LogP contribution < -0.4 is 4.74 Å². The Morgan fingerprint density at radius 2 is 1.96 bits per heavy atom. The number of hydrogen-bond donors (Lipinski definition) is 0. The third-order valence-electron chi connectivity index (χ3n) is 4.62. The lowest BCUT2D eigenvalue weighted by molar-refractivity contribution is -0.160. The first-order chi connectivity index (χ1) is 10.9. The van der Waals surface area contributed by atoms with Crippen LogP contribution in [0.1, 0.15) is 45.6 Å². The normalized spacial score (nSPS) is 21.3. The molecule has 1 aromatic carbocycles. The van der Waals surface area contributed by atoms with E-state index in [1.807, 2.05) is 24.3 Å². The highest BCUT2D eigenvalue weighted by molar-refractivity contribution is 5.87. The van der Waals surface area contributed by atoms with Crippen LogP contribution in [-0.2, 0) is 9.53 Å². The third-order valence-corrected chi connectivity index (χ3v) is 4.62. The Balaban J connectivity index is 2.03. The van der Waals surface area contributed by atoms with Crippen LogP contribution in [0.4, 0.5) is 0 Å². The minimum atomic E-state index is -0.374. The summed E-state index contributed by atoms with van der Waals surface area (Å²) in [6.07, 6.45) is 8.18. The first-order valence-electron chi connectivity index (χ1n) is 8.16. The average Bonchev–Trinajstić information content (AvgIpc) is 2.55. The number of allylic oxidation sites excluding steroid dienone is 1. The van der Waals surface area contributed by atoms with Gasteiger partial charge in [0, 0.05) is 12.5 Å². The van der Waals surface area contributed by atoms with Gasteiger partial charge >= 0.3 is 5.97 Å². The van der Waals surface area contributed by atoms with Crippen molar-refractivity contribution in [3.8, 4) is 5.75 Å².